The van der Waals surface area contributed by atoms with Gasteiger partial charge in [0.1, 0.15) is 28.2 Å². The van der Waals surface area contributed by atoms with Gasteiger partial charge in [0.15, 0.2) is 23.3 Å². The summed E-state index contributed by atoms with van der Waals surface area (Å²) in [6, 6.07) is 4.10. The molecule has 3 aromatic rings. The Morgan fingerprint density at radius 2 is 1.71 bits per heavy atom. The third kappa shape index (κ3) is 3.30. The van der Waals surface area contributed by atoms with E-state index < -0.39 is 40.8 Å². The largest absolute Gasteiger partial charge is 0.462 e. The molecule has 0 radical (unpaired) electrons. The molecule has 0 unspecified atom stereocenters. The topological polar surface area (TPSA) is 65.7 Å². The molecule has 0 bridgehead atoms. The summed E-state index contributed by atoms with van der Waals surface area (Å²) in [5.74, 6) is -9.78. The van der Waals surface area contributed by atoms with Crippen molar-refractivity contribution in [1.29, 1.82) is 0 Å². The van der Waals surface area contributed by atoms with Crippen LogP contribution in [0.5, 0.6) is 5.75 Å². The number of rotatable bonds is 4. The number of benzene rings is 2. The Balaban J connectivity index is 1.98. The summed E-state index contributed by atoms with van der Waals surface area (Å²) in [5.41, 5.74) is -0.712. The van der Waals surface area contributed by atoms with Crippen LogP contribution in [-0.2, 0) is 4.74 Å². The average molecular weight is 396 g/mol. The van der Waals surface area contributed by atoms with Crippen molar-refractivity contribution in [2.24, 2.45) is 0 Å². The summed E-state index contributed by atoms with van der Waals surface area (Å²) in [7, 11) is 0. The first-order valence-corrected chi connectivity index (χ1v) is 8.00. The molecular formula is C19H12F4O5. The van der Waals surface area contributed by atoms with Crippen molar-refractivity contribution >= 4 is 22.9 Å². The van der Waals surface area contributed by atoms with Gasteiger partial charge in [-0.05, 0) is 38.1 Å². The van der Waals surface area contributed by atoms with E-state index in [9.17, 15) is 27.2 Å². The normalized spacial score (nSPS) is 10.9. The highest BCUT2D eigenvalue weighted by atomic mass is 19.2. The van der Waals surface area contributed by atoms with E-state index in [1.807, 2.05) is 0 Å². The van der Waals surface area contributed by atoms with E-state index in [4.69, 9.17) is 13.9 Å². The highest BCUT2D eigenvalue weighted by Crippen LogP contribution is 2.30. The van der Waals surface area contributed by atoms with Gasteiger partial charge in [-0.2, -0.15) is 0 Å². The van der Waals surface area contributed by atoms with Crippen molar-refractivity contribution in [1.82, 2.24) is 0 Å². The summed E-state index contributed by atoms with van der Waals surface area (Å²) in [5, 5.41) is 0.262. The lowest BCUT2D eigenvalue weighted by Crippen LogP contribution is -2.14. The summed E-state index contributed by atoms with van der Waals surface area (Å²) in [4.78, 5) is 24.2. The summed E-state index contributed by atoms with van der Waals surface area (Å²) in [6.45, 7) is 3.29. The smallest absolute Gasteiger partial charge is 0.346 e. The molecule has 0 aliphatic heterocycles. The van der Waals surface area contributed by atoms with Gasteiger partial charge in [-0.15, -0.1) is 0 Å². The van der Waals surface area contributed by atoms with Crippen LogP contribution in [0.15, 0.2) is 28.7 Å². The van der Waals surface area contributed by atoms with E-state index in [0.29, 0.717) is 5.58 Å². The quantitative estimate of drug-likeness (QED) is 0.210. The predicted molar refractivity (Wildman–Crippen MR) is 88.1 cm³/mol. The Labute approximate surface area is 155 Å². The summed E-state index contributed by atoms with van der Waals surface area (Å²) >= 11 is 0. The van der Waals surface area contributed by atoms with E-state index in [2.05, 4.69) is 0 Å². The van der Waals surface area contributed by atoms with Crippen LogP contribution in [0.2, 0.25) is 0 Å². The molecule has 0 saturated carbocycles. The van der Waals surface area contributed by atoms with Crippen molar-refractivity contribution in [3.8, 4) is 5.75 Å². The van der Waals surface area contributed by atoms with Gasteiger partial charge in [0.2, 0.25) is 0 Å². The Morgan fingerprint density at radius 1 is 1.00 bits per heavy atom. The lowest BCUT2D eigenvalue weighted by molar-refractivity contribution is 0.0526. The van der Waals surface area contributed by atoms with Crippen LogP contribution in [0, 0.1) is 30.2 Å². The van der Waals surface area contributed by atoms with Gasteiger partial charge < -0.3 is 13.9 Å². The van der Waals surface area contributed by atoms with Crippen LogP contribution < -0.4 is 4.74 Å². The fraction of sp³-hybridized carbons (Fsp3) is 0.158. The third-order valence-corrected chi connectivity index (χ3v) is 3.85. The lowest BCUT2D eigenvalue weighted by Gasteiger charge is -2.07. The molecule has 0 aliphatic carbocycles. The van der Waals surface area contributed by atoms with Gasteiger partial charge in [0.05, 0.1) is 6.61 Å². The zero-order chi connectivity index (χ0) is 20.6. The molecule has 0 N–H and O–H groups in total. The number of hydrogen-bond acceptors (Lipinski definition) is 5. The highest BCUT2D eigenvalue weighted by Gasteiger charge is 2.25. The standard InChI is InChI=1S/C19H12F4O5/c1-3-26-19(25)14-8(2)27-13-5-4-9(6-10(13)14)28-18(24)11-7-12(20)16(22)17(23)15(11)21/h4-7H,3H2,1-2H3. The minimum atomic E-state index is -2.13. The van der Waals surface area contributed by atoms with Crippen LogP contribution in [0.4, 0.5) is 17.6 Å². The Hall–Kier alpha value is -3.36. The number of furan rings is 1. The second-order valence-corrected chi connectivity index (χ2v) is 5.65. The molecule has 5 nitrogen and oxygen atoms in total. The number of carbonyl (C=O) groups is 2. The maximum absolute atomic E-state index is 13.7. The number of ether oxygens (including phenoxy) is 2. The lowest BCUT2D eigenvalue weighted by atomic mass is 10.1. The zero-order valence-electron chi connectivity index (χ0n) is 14.6. The second-order valence-electron chi connectivity index (χ2n) is 5.65. The van der Waals surface area contributed by atoms with Gasteiger partial charge in [0, 0.05) is 5.39 Å². The van der Waals surface area contributed by atoms with Crippen LogP contribution in [0.25, 0.3) is 11.0 Å². The third-order valence-electron chi connectivity index (χ3n) is 3.85. The average Bonchev–Trinajstić information content (AvgIpc) is 2.98. The zero-order valence-corrected chi connectivity index (χ0v) is 14.6. The first-order chi connectivity index (χ1) is 13.2. The van der Waals surface area contributed by atoms with Crippen LogP contribution in [0.1, 0.15) is 33.4 Å². The molecule has 0 amide bonds. The monoisotopic (exact) mass is 396 g/mol. The van der Waals surface area contributed by atoms with Gasteiger partial charge in [-0.25, -0.2) is 27.2 Å². The molecule has 9 heteroatoms. The Kier molecular flexibility index (Phi) is 5.08. The molecule has 0 spiro atoms. The Bertz CT molecular complexity index is 1100. The molecule has 0 saturated heterocycles. The minimum absolute atomic E-state index is 0.111. The molecule has 0 aliphatic rings. The predicted octanol–water partition coefficient (Wildman–Crippen LogP) is 4.69. The number of fused-ring (bicyclic) bond motifs is 1. The maximum atomic E-state index is 13.7. The van der Waals surface area contributed by atoms with Gasteiger partial charge in [-0.1, -0.05) is 0 Å². The maximum Gasteiger partial charge on any atom is 0.346 e. The van der Waals surface area contributed by atoms with Gasteiger partial charge in [-0.3, -0.25) is 0 Å². The van der Waals surface area contributed by atoms with Gasteiger partial charge in [0.25, 0.3) is 0 Å². The van der Waals surface area contributed by atoms with E-state index in [1.54, 1.807) is 6.92 Å². The highest BCUT2D eigenvalue weighted by molar-refractivity contribution is 6.05. The number of carbonyl (C=O) groups excluding carboxylic acids is 2. The molecular weight excluding hydrogens is 384 g/mol. The minimum Gasteiger partial charge on any atom is -0.462 e. The molecule has 146 valence electrons. The number of halogens is 4. The first-order valence-electron chi connectivity index (χ1n) is 8.00. The van der Waals surface area contributed by atoms with Crippen molar-refractivity contribution < 1.29 is 41.0 Å². The Morgan fingerprint density at radius 3 is 2.39 bits per heavy atom. The molecule has 3 rings (SSSR count). The molecule has 1 heterocycles. The molecule has 0 fully saturated rings. The number of hydrogen-bond donors (Lipinski definition) is 0. The van der Waals surface area contributed by atoms with Crippen molar-refractivity contribution in [3.63, 3.8) is 0 Å². The fourth-order valence-corrected chi connectivity index (χ4v) is 2.60. The SMILES string of the molecule is CCOC(=O)c1c(C)oc2ccc(OC(=O)c3cc(F)c(F)c(F)c3F)cc12. The summed E-state index contributed by atoms with van der Waals surface area (Å²) < 4.78 is 68.7. The molecule has 0 atom stereocenters. The van der Waals surface area contributed by atoms with Crippen molar-refractivity contribution in [2.45, 2.75) is 13.8 Å². The first kappa shape index (κ1) is 19.4. The van der Waals surface area contributed by atoms with Crippen LogP contribution >= 0.6 is 0 Å². The van der Waals surface area contributed by atoms with E-state index >= 15 is 0 Å². The van der Waals surface area contributed by atoms with Crippen LogP contribution in [-0.4, -0.2) is 18.5 Å². The van der Waals surface area contributed by atoms with Gasteiger partial charge >= 0.3 is 11.9 Å². The van der Waals surface area contributed by atoms with E-state index in [0.717, 1.165) is 0 Å². The molecule has 2 aromatic carbocycles. The van der Waals surface area contributed by atoms with Crippen molar-refractivity contribution in [3.05, 3.63) is 64.4 Å². The number of aryl methyl sites for hydroxylation is 1. The molecule has 1 aromatic heterocycles. The number of esters is 2. The molecule has 28 heavy (non-hydrogen) atoms. The fourth-order valence-electron chi connectivity index (χ4n) is 2.60. The van der Waals surface area contributed by atoms with Crippen LogP contribution in [0.3, 0.4) is 0 Å². The van der Waals surface area contributed by atoms with E-state index in [-0.39, 0.29) is 35.1 Å². The summed E-state index contributed by atoms with van der Waals surface area (Å²) in [6.07, 6.45) is 0. The van der Waals surface area contributed by atoms with E-state index in [1.165, 1.54) is 25.1 Å². The van der Waals surface area contributed by atoms with Crippen molar-refractivity contribution in [2.75, 3.05) is 6.61 Å². The second kappa shape index (κ2) is 7.34.